The number of carbonyl (C=O) groups is 2. The fraction of sp³-hybridized carbons (Fsp3) is 0.440. The first kappa shape index (κ1) is 29.1. The molecule has 10 heteroatoms. The van der Waals surface area contributed by atoms with Crippen molar-refractivity contribution in [3.8, 4) is 0 Å². The molecule has 192 valence electrons. The number of anilines is 1. The number of carbonyl (C=O) groups excluding carboxylic acids is 2. The van der Waals surface area contributed by atoms with Gasteiger partial charge in [-0.05, 0) is 61.7 Å². The van der Waals surface area contributed by atoms with Crippen molar-refractivity contribution in [3.63, 3.8) is 0 Å². The fourth-order valence-corrected chi connectivity index (χ4v) is 5.10. The Morgan fingerprint density at radius 2 is 1.80 bits per heavy atom. The Kier molecular flexibility index (Phi) is 11.5. The van der Waals surface area contributed by atoms with Gasteiger partial charge in [0.25, 0.3) is 0 Å². The monoisotopic (exact) mass is 585 g/mol. The predicted octanol–water partition coefficient (Wildman–Crippen LogP) is 4.98. The molecule has 1 unspecified atom stereocenters. The zero-order chi connectivity index (χ0) is 26.0. The van der Waals surface area contributed by atoms with Gasteiger partial charge < -0.3 is 10.2 Å². The lowest BCUT2D eigenvalue weighted by atomic mass is 10.1. The summed E-state index contributed by atoms with van der Waals surface area (Å²) < 4.78 is 26.9. The molecule has 2 aromatic rings. The topological polar surface area (TPSA) is 86.8 Å². The average molecular weight is 587 g/mol. The first-order valence-electron chi connectivity index (χ1n) is 11.6. The van der Waals surface area contributed by atoms with E-state index in [2.05, 4.69) is 21.2 Å². The van der Waals surface area contributed by atoms with Crippen LogP contribution in [0.3, 0.4) is 0 Å². The molecule has 2 aromatic carbocycles. The Morgan fingerprint density at radius 1 is 1.11 bits per heavy atom. The molecule has 0 aliphatic rings. The van der Waals surface area contributed by atoms with Crippen molar-refractivity contribution in [2.24, 2.45) is 0 Å². The standard InChI is InChI=1S/C25H33BrClN3O4S/c1-4-5-15-28-25(32)19(2)29(18-20-8-6-9-21(26)17-20)24(31)10-7-16-30(35(3,33)34)23-13-11-22(27)12-14-23/h6,8-9,11-14,17,19H,4-5,7,10,15-16,18H2,1-3H3,(H,28,32). The number of unbranched alkanes of at least 4 members (excludes halogenated alkanes) is 1. The smallest absolute Gasteiger partial charge is 0.242 e. The van der Waals surface area contributed by atoms with Crippen LogP contribution in [-0.4, -0.2) is 50.5 Å². The molecule has 0 spiro atoms. The SMILES string of the molecule is CCCCNC(=O)C(C)N(Cc1cccc(Br)c1)C(=O)CCCN(c1ccc(Cl)cc1)S(C)(=O)=O. The number of nitrogens with zero attached hydrogens (tertiary/aromatic N) is 2. The number of sulfonamides is 1. The quantitative estimate of drug-likeness (QED) is 0.335. The van der Waals surface area contributed by atoms with Crippen LogP contribution in [0.1, 0.15) is 45.1 Å². The Bertz CT molecular complexity index is 1100. The Labute approximate surface area is 222 Å². The van der Waals surface area contributed by atoms with Crippen molar-refractivity contribution in [2.45, 2.75) is 52.1 Å². The molecule has 1 atom stereocenters. The van der Waals surface area contributed by atoms with Gasteiger partial charge in [-0.2, -0.15) is 0 Å². The van der Waals surface area contributed by atoms with Gasteiger partial charge in [0.05, 0.1) is 11.9 Å². The van der Waals surface area contributed by atoms with Gasteiger partial charge >= 0.3 is 0 Å². The lowest BCUT2D eigenvalue weighted by molar-refractivity contribution is -0.140. The third-order valence-electron chi connectivity index (χ3n) is 5.51. The third kappa shape index (κ3) is 9.46. The van der Waals surface area contributed by atoms with Crippen LogP contribution >= 0.6 is 27.5 Å². The zero-order valence-corrected chi connectivity index (χ0v) is 23.5. The molecule has 35 heavy (non-hydrogen) atoms. The summed E-state index contributed by atoms with van der Waals surface area (Å²) in [5.74, 6) is -0.423. The van der Waals surface area contributed by atoms with E-state index in [9.17, 15) is 18.0 Å². The summed E-state index contributed by atoms with van der Waals surface area (Å²) in [6, 6.07) is 13.4. The highest BCUT2D eigenvalue weighted by molar-refractivity contribution is 9.10. The zero-order valence-electron chi connectivity index (χ0n) is 20.3. The van der Waals surface area contributed by atoms with Gasteiger partial charge in [0.2, 0.25) is 21.8 Å². The summed E-state index contributed by atoms with van der Waals surface area (Å²) in [5.41, 5.74) is 1.37. The molecule has 0 radical (unpaired) electrons. The maximum atomic E-state index is 13.3. The molecule has 0 saturated carbocycles. The first-order chi connectivity index (χ1) is 16.5. The van der Waals surface area contributed by atoms with E-state index < -0.39 is 16.1 Å². The van der Waals surface area contributed by atoms with Gasteiger partial charge in [0, 0.05) is 35.6 Å². The van der Waals surface area contributed by atoms with E-state index in [1.165, 1.54) is 4.31 Å². The minimum atomic E-state index is -3.55. The molecule has 0 saturated heterocycles. The molecule has 0 aliphatic carbocycles. The van der Waals surface area contributed by atoms with E-state index in [0.717, 1.165) is 29.1 Å². The van der Waals surface area contributed by atoms with Gasteiger partial charge in [-0.15, -0.1) is 0 Å². The van der Waals surface area contributed by atoms with Gasteiger partial charge in [0.15, 0.2) is 0 Å². The van der Waals surface area contributed by atoms with Crippen molar-refractivity contribution < 1.29 is 18.0 Å². The van der Waals surface area contributed by atoms with Crippen LogP contribution in [0.2, 0.25) is 5.02 Å². The van der Waals surface area contributed by atoms with E-state index in [1.54, 1.807) is 36.1 Å². The van der Waals surface area contributed by atoms with Crippen molar-refractivity contribution >= 4 is 55.1 Å². The van der Waals surface area contributed by atoms with Crippen molar-refractivity contribution in [3.05, 3.63) is 63.6 Å². The molecule has 1 N–H and O–H groups in total. The van der Waals surface area contributed by atoms with Gasteiger partial charge in [0.1, 0.15) is 6.04 Å². The molecule has 0 aliphatic heterocycles. The van der Waals surface area contributed by atoms with Crippen LogP contribution in [-0.2, 0) is 26.2 Å². The highest BCUT2D eigenvalue weighted by atomic mass is 79.9. The van der Waals surface area contributed by atoms with Crippen LogP contribution in [0.25, 0.3) is 0 Å². The number of nitrogens with one attached hydrogen (secondary N) is 1. The minimum absolute atomic E-state index is 0.0974. The molecular formula is C25H33BrClN3O4S. The Balaban J connectivity index is 2.13. The van der Waals surface area contributed by atoms with E-state index in [0.29, 0.717) is 23.7 Å². The summed E-state index contributed by atoms with van der Waals surface area (Å²) in [6.07, 6.45) is 3.35. The van der Waals surface area contributed by atoms with Gasteiger partial charge in [-0.3, -0.25) is 13.9 Å². The number of amides is 2. The van der Waals surface area contributed by atoms with Crippen LogP contribution in [0.4, 0.5) is 5.69 Å². The number of hydrogen-bond acceptors (Lipinski definition) is 4. The summed E-state index contributed by atoms with van der Waals surface area (Å²) in [6.45, 7) is 4.72. The van der Waals surface area contributed by atoms with Gasteiger partial charge in [-0.1, -0.05) is 53.0 Å². The summed E-state index contributed by atoms with van der Waals surface area (Å²) in [4.78, 5) is 27.6. The van der Waals surface area contributed by atoms with E-state index in [4.69, 9.17) is 11.6 Å². The molecule has 7 nitrogen and oxygen atoms in total. The number of benzene rings is 2. The molecule has 2 rings (SSSR count). The largest absolute Gasteiger partial charge is 0.354 e. The maximum absolute atomic E-state index is 13.3. The highest BCUT2D eigenvalue weighted by Crippen LogP contribution is 2.22. The average Bonchev–Trinajstić information content (AvgIpc) is 2.80. The predicted molar refractivity (Wildman–Crippen MR) is 145 cm³/mol. The van der Waals surface area contributed by atoms with Crippen molar-refractivity contribution in [1.29, 1.82) is 0 Å². The summed E-state index contributed by atoms with van der Waals surface area (Å²) in [7, 11) is -3.55. The third-order valence-corrected chi connectivity index (χ3v) is 7.44. The number of hydrogen-bond donors (Lipinski definition) is 1. The molecule has 0 fully saturated rings. The van der Waals surface area contributed by atoms with Crippen LogP contribution in [0.15, 0.2) is 53.0 Å². The van der Waals surface area contributed by atoms with Gasteiger partial charge in [-0.25, -0.2) is 8.42 Å². The Morgan fingerprint density at radius 3 is 2.40 bits per heavy atom. The maximum Gasteiger partial charge on any atom is 0.242 e. The lowest BCUT2D eigenvalue weighted by Gasteiger charge is -2.29. The summed E-state index contributed by atoms with van der Waals surface area (Å²) in [5, 5.41) is 3.40. The molecule has 0 aromatic heterocycles. The minimum Gasteiger partial charge on any atom is -0.354 e. The lowest BCUT2D eigenvalue weighted by Crippen LogP contribution is -2.48. The molecule has 2 amide bonds. The second-order valence-electron chi connectivity index (χ2n) is 8.39. The molecular weight excluding hydrogens is 554 g/mol. The second kappa shape index (κ2) is 13.8. The van der Waals surface area contributed by atoms with E-state index >= 15 is 0 Å². The fourth-order valence-electron chi connectivity index (χ4n) is 3.56. The summed E-state index contributed by atoms with van der Waals surface area (Å²) >= 11 is 9.38. The molecule has 0 heterocycles. The van der Waals surface area contributed by atoms with Crippen molar-refractivity contribution in [2.75, 3.05) is 23.7 Å². The van der Waals surface area contributed by atoms with E-state index in [-0.39, 0.29) is 31.3 Å². The number of halogens is 2. The normalized spacial score (nSPS) is 12.1. The van der Waals surface area contributed by atoms with Crippen LogP contribution in [0, 0.1) is 0 Å². The van der Waals surface area contributed by atoms with Crippen LogP contribution in [0.5, 0.6) is 0 Å². The van der Waals surface area contributed by atoms with Crippen LogP contribution < -0.4 is 9.62 Å². The number of rotatable bonds is 13. The molecule has 0 bridgehead atoms. The Hall–Kier alpha value is -2.10. The van der Waals surface area contributed by atoms with Crippen molar-refractivity contribution in [1.82, 2.24) is 10.2 Å². The van der Waals surface area contributed by atoms with E-state index in [1.807, 2.05) is 31.2 Å². The highest BCUT2D eigenvalue weighted by Gasteiger charge is 2.26. The second-order valence-corrected chi connectivity index (χ2v) is 11.6. The first-order valence-corrected chi connectivity index (χ1v) is 14.6.